The average molecular weight is 206 g/mol. The van der Waals surface area contributed by atoms with Crippen molar-refractivity contribution in [3.05, 3.63) is 29.3 Å². The molecule has 1 atom stereocenters. The minimum Gasteiger partial charge on any atom is -0.394 e. The largest absolute Gasteiger partial charge is 0.394 e. The summed E-state index contributed by atoms with van der Waals surface area (Å²) < 4.78 is 0. The summed E-state index contributed by atoms with van der Waals surface area (Å²) in [5.74, 6) is 0. The van der Waals surface area contributed by atoms with Crippen LogP contribution in [0.25, 0.3) is 0 Å². The zero-order valence-electron chi connectivity index (χ0n) is 9.11. The second kappa shape index (κ2) is 4.21. The van der Waals surface area contributed by atoms with Gasteiger partial charge in [0, 0.05) is 19.3 Å². The lowest BCUT2D eigenvalue weighted by Crippen LogP contribution is -2.25. The highest BCUT2D eigenvalue weighted by atomic mass is 16.3. The number of fused-ring (bicyclic) bond motifs is 1. The minimum atomic E-state index is -0.248. The minimum absolute atomic E-state index is 0.00856. The molecule has 1 aliphatic heterocycles. The van der Waals surface area contributed by atoms with Crippen LogP contribution in [0.5, 0.6) is 0 Å². The monoisotopic (exact) mass is 206 g/mol. The highest BCUT2D eigenvalue weighted by Crippen LogP contribution is 2.28. The maximum Gasteiger partial charge on any atom is 0.0624 e. The molecular formula is C12H18N2O. The van der Waals surface area contributed by atoms with Crippen LogP contribution in [-0.4, -0.2) is 25.3 Å². The van der Waals surface area contributed by atoms with E-state index in [2.05, 4.69) is 24.1 Å². The molecule has 1 aliphatic rings. The first-order chi connectivity index (χ1) is 7.22. The van der Waals surface area contributed by atoms with Gasteiger partial charge in [-0.05, 0) is 30.0 Å². The lowest BCUT2D eigenvalue weighted by atomic mass is 9.97. The van der Waals surface area contributed by atoms with Crippen molar-refractivity contribution in [2.24, 2.45) is 5.73 Å². The molecule has 1 heterocycles. The van der Waals surface area contributed by atoms with Crippen LogP contribution >= 0.6 is 0 Å². The third kappa shape index (κ3) is 1.98. The van der Waals surface area contributed by atoms with Crippen molar-refractivity contribution < 1.29 is 5.11 Å². The highest BCUT2D eigenvalue weighted by Gasteiger charge is 2.15. The summed E-state index contributed by atoms with van der Waals surface area (Å²) in [5, 5.41) is 9.01. The standard InChI is InChI=1S/C12H18N2O/c1-14-6-2-3-10-7-9(11(13)8-15)4-5-12(10)14/h4-5,7,11,15H,2-3,6,8,13H2,1H3/t11-/m1/s1. The lowest BCUT2D eigenvalue weighted by Gasteiger charge is -2.28. The molecule has 3 N–H and O–H groups in total. The molecule has 15 heavy (non-hydrogen) atoms. The first-order valence-corrected chi connectivity index (χ1v) is 5.43. The molecule has 0 aliphatic carbocycles. The third-order valence-electron chi connectivity index (χ3n) is 3.08. The second-order valence-corrected chi connectivity index (χ2v) is 4.20. The van der Waals surface area contributed by atoms with E-state index in [1.54, 1.807) is 0 Å². The molecule has 0 fully saturated rings. The quantitative estimate of drug-likeness (QED) is 0.760. The summed E-state index contributed by atoms with van der Waals surface area (Å²) in [6.45, 7) is 1.13. The second-order valence-electron chi connectivity index (χ2n) is 4.20. The molecule has 0 saturated heterocycles. The van der Waals surface area contributed by atoms with E-state index < -0.39 is 0 Å². The van der Waals surface area contributed by atoms with Crippen LogP contribution in [-0.2, 0) is 6.42 Å². The summed E-state index contributed by atoms with van der Waals surface area (Å²) in [6.07, 6.45) is 2.31. The maximum absolute atomic E-state index is 9.01. The number of rotatable bonds is 2. The van der Waals surface area contributed by atoms with E-state index in [9.17, 15) is 0 Å². The highest BCUT2D eigenvalue weighted by molar-refractivity contribution is 5.56. The lowest BCUT2D eigenvalue weighted by molar-refractivity contribution is 0.268. The Labute approximate surface area is 90.5 Å². The van der Waals surface area contributed by atoms with Gasteiger partial charge in [0.2, 0.25) is 0 Å². The van der Waals surface area contributed by atoms with E-state index in [0.717, 1.165) is 18.5 Å². The summed E-state index contributed by atoms with van der Waals surface area (Å²) in [4.78, 5) is 2.27. The van der Waals surface area contributed by atoms with Gasteiger partial charge in [-0.25, -0.2) is 0 Å². The first kappa shape index (κ1) is 10.5. The maximum atomic E-state index is 9.01. The van der Waals surface area contributed by atoms with Crippen LogP contribution in [0.15, 0.2) is 18.2 Å². The van der Waals surface area contributed by atoms with E-state index in [1.165, 1.54) is 17.7 Å². The molecule has 0 unspecified atom stereocenters. The van der Waals surface area contributed by atoms with Gasteiger partial charge >= 0.3 is 0 Å². The van der Waals surface area contributed by atoms with Gasteiger partial charge in [0.05, 0.1) is 12.6 Å². The number of nitrogens with two attached hydrogens (primary N) is 1. The fourth-order valence-electron chi connectivity index (χ4n) is 2.14. The summed E-state index contributed by atoms with van der Waals surface area (Å²) in [6, 6.07) is 6.01. The zero-order chi connectivity index (χ0) is 10.8. The van der Waals surface area contributed by atoms with Gasteiger partial charge in [-0.3, -0.25) is 0 Å². The Balaban J connectivity index is 2.33. The van der Waals surface area contributed by atoms with E-state index in [1.807, 2.05) is 6.07 Å². The van der Waals surface area contributed by atoms with Crippen molar-refractivity contribution >= 4 is 5.69 Å². The van der Waals surface area contributed by atoms with Crippen LogP contribution in [0.2, 0.25) is 0 Å². The Morgan fingerprint density at radius 1 is 1.53 bits per heavy atom. The van der Waals surface area contributed by atoms with E-state index in [0.29, 0.717) is 0 Å². The van der Waals surface area contributed by atoms with Gasteiger partial charge in [-0.15, -0.1) is 0 Å². The molecule has 0 amide bonds. The Morgan fingerprint density at radius 3 is 3.07 bits per heavy atom. The van der Waals surface area contributed by atoms with Crippen LogP contribution in [0.1, 0.15) is 23.6 Å². The molecule has 2 rings (SSSR count). The molecular weight excluding hydrogens is 188 g/mol. The number of aliphatic hydroxyl groups excluding tert-OH is 1. The predicted molar refractivity (Wildman–Crippen MR) is 62.0 cm³/mol. The first-order valence-electron chi connectivity index (χ1n) is 5.43. The molecule has 1 aromatic carbocycles. The fourth-order valence-corrected chi connectivity index (χ4v) is 2.14. The Hall–Kier alpha value is -1.06. The predicted octanol–water partition coefficient (Wildman–Crippen LogP) is 1.06. The normalized spacial score (nSPS) is 17.4. The van der Waals surface area contributed by atoms with Gasteiger partial charge in [-0.1, -0.05) is 12.1 Å². The van der Waals surface area contributed by atoms with Gasteiger partial charge in [0.1, 0.15) is 0 Å². The average Bonchev–Trinajstić information content (AvgIpc) is 2.28. The molecule has 3 nitrogen and oxygen atoms in total. The zero-order valence-corrected chi connectivity index (χ0v) is 9.11. The molecule has 1 aromatic rings. The number of anilines is 1. The molecule has 0 aromatic heterocycles. The summed E-state index contributed by atoms with van der Waals surface area (Å²) in [7, 11) is 2.11. The summed E-state index contributed by atoms with van der Waals surface area (Å²) >= 11 is 0. The van der Waals surface area contributed by atoms with Gasteiger partial charge in [0.15, 0.2) is 0 Å². The van der Waals surface area contributed by atoms with Crippen molar-refractivity contribution in [2.75, 3.05) is 25.1 Å². The molecule has 82 valence electrons. The molecule has 0 bridgehead atoms. The van der Waals surface area contributed by atoms with Crippen molar-refractivity contribution in [1.29, 1.82) is 0 Å². The molecule has 0 saturated carbocycles. The van der Waals surface area contributed by atoms with Crippen LogP contribution in [0.4, 0.5) is 5.69 Å². The van der Waals surface area contributed by atoms with Crippen molar-refractivity contribution in [3.8, 4) is 0 Å². The van der Waals surface area contributed by atoms with Crippen molar-refractivity contribution in [1.82, 2.24) is 0 Å². The Bertz CT molecular complexity index is 351. The van der Waals surface area contributed by atoms with E-state index >= 15 is 0 Å². The number of aryl methyl sites for hydroxylation is 1. The topological polar surface area (TPSA) is 49.5 Å². The summed E-state index contributed by atoms with van der Waals surface area (Å²) in [5.41, 5.74) is 9.49. The van der Waals surface area contributed by atoms with Crippen molar-refractivity contribution in [3.63, 3.8) is 0 Å². The fraction of sp³-hybridized carbons (Fsp3) is 0.500. The van der Waals surface area contributed by atoms with E-state index in [-0.39, 0.29) is 12.6 Å². The molecule has 0 radical (unpaired) electrons. The van der Waals surface area contributed by atoms with Crippen LogP contribution in [0, 0.1) is 0 Å². The number of benzene rings is 1. The number of hydrogen-bond acceptors (Lipinski definition) is 3. The van der Waals surface area contributed by atoms with Crippen LogP contribution in [0.3, 0.4) is 0 Å². The van der Waals surface area contributed by atoms with E-state index in [4.69, 9.17) is 10.8 Å². The Morgan fingerprint density at radius 2 is 2.33 bits per heavy atom. The smallest absolute Gasteiger partial charge is 0.0624 e. The SMILES string of the molecule is CN1CCCc2cc([C@H](N)CO)ccc21. The third-order valence-corrected chi connectivity index (χ3v) is 3.08. The van der Waals surface area contributed by atoms with Crippen molar-refractivity contribution in [2.45, 2.75) is 18.9 Å². The number of nitrogens with zero attached hydrogens (tertiary/aromatic N) is 1. The van der Waals surface area contributed by atoms with Gasteiger partial charge in [-0.2, -0.15) is 0 Å². The van der Waals surface area contributed by atoms with Gasteiger partial charge < -0.3 is 15.7 Å². The number of hydrogen-bond donors (Lipinski definition) is 2. The van der Waals surface area contributed by atoms with Gasteiger partial charge in [0.25, 0.3) is 0 Å². The van der Waals surface area contributed by atoms with Crippen LogP contribution < -0.4 is 10.6 Å². The Kier molecular flexibility index (Phi) is 2.93. The number of aliphatic hydroxyl groups is 1. The molecule has 3 heteroatoms. The molecule has 0 spiro atoms.